The van der Waals surface area contributed by atoms with Crippen LogP contribution in [-0.2, 0) is 16.1 Å². The summed E-state index contributed by atoms with van der Waals surface area (Å²) >= 11 is 0. The fourth-order valence-corrected chi connectivity index (χ4v) is 1.65. The van der Waals surface area contributed by atoms with E-state index in [0.717, 1.165) is 12.0 Å². The number of hydrogen-bond donors (Lipinski definition) is 1. The van der Waals surface area contributed by atoms with Crippen LogP contribution >= 0.6 is 0 Å². The van der Waals surface area contributed by atoms with Crippen molar-refractivity contribution in [2.45, 2.75) is 19.9 Å². The fraction of sp³-hybridized carbons (Fsp3) is 0.500. The summed E-state index contributed by atoms with van der Waals surface area (Å²) in [6.07, 6.45) is 0.919. The summed E-state index contributed by atoms with van der Waals surface area (Å²) in [5.74, 6) is -0.00208. The van der Waals surface area contributed by atoms with Gasteiger partial charge in [-0.15, -0.1) is 0 Å². The van der Waals surface area contributed by atoms with Crippen molar-refractivity contribution in [2.24, 2.45) is 5.73 Å². The second-order valence-electron chi connectivity index (χ2n) is 4.14. The van der Waals surface area contributed by atoms with E-state index in [-0.39, 0.29) is 12.5 Å². The van der Waals surface area contributed by atoms with Gasteiger partial charge in [0.15, 0.2) is 0 Å². The molecule has 1 aromatic carbocycles. The second-order valence-corrected chi connectivity index (χ2v) is 4.14. The van der Waals surface area contributed by atoms with E-state index in [0.29, 0.717) is 26.2 Å². The molecule has 0 radical (unpaired) electrons. The first-order chi connectivity index (χ1) is 8.77. The Hall–Kier alpha value is -1.39. The van der Waals surface area contributed by atoms with Crippen molar-refractivity contribution >= 4 is 5.91 Å². The largest absolute Gasteiger partial charge is 0.372 e. The number of rotatable bonds is 8. The van der Waals surface area contributed by atoms with Crippen molar-refractivity contribution in [3.8, 4) is 0 Å². The monoisotopic (exact) mass is 250 g/mol. The SMILES string of the molecule is CCCOCC(=O)N(CCN)Cc1ccccc1. The third kappa shape index (κ3) is 5.29. The summed E-state index contributed by atoms with van der Waals surface area (Å²) in [7, 11) is 0. The minimum absolute atomic E-state index is 0.00208. The predicted octanol–water partition coefficient (Wildman–Crippen LogP) is 1.40. The second kappa shape index (κ2) is 8.66. The Labute approximate surface area is 109 Å². The molecule has 0 saturated heterocycles. The zero-order valence-corrected chi connectivity index (χ0v) is 11.0. The molecule has 0 unspecified atom stereocenters. The van der Waals surface area contributed by atoms with Crippen molar-refractivity contribution in [3.05, 3.63) is 35.9 Å². The number of carbonyl (C=O) groups excluding carboxylic acids is 1. The number of nitrogens with zero attached hydrogens (tertiary/aromatic N) is 1. The summed E-state index contributed by atoms with van der Waals surface area (Å²) < 4.78 is 5.28. The number of ether oxygens (including phenoxy) is 1. The van der Waals surface area contributed by atoms with Crippen molar-refractivity contribution in [1.29, 1.82) is 0 Å². The molecule has 0 aliphatic heterocycles. The van der Waals surface area contributed by atoms with E-state index < -0.39 is 0 Å². The summed E-state index contributed by atoms with van der Waals surface area (Å²) in [5, 5.41) is 0. The van der Waals surface area contributed by atoms with E-state index in [1.165, 1.54) is 0 Å². The molecule has 0 aromatic heterocycles. The van der Waals surface area contributed by atoms with E-state index in [1.54, 1.807) is 4.90 Å². The average molecular weight is 250 g/mol. The number of hydrogen-bond acceptors (Lipinski definition) is 3. The summed E-state index contributed by atoms with van der Waals surface area (Å²) in [4.78, 5) is 13.7. The molecule has 0 heterocycles. The van der Waals surface area contributed by atoms with Crippen LogP contribution < -0.4 is 5.73 Å². The van der Waals surface area contributed by atoms with Gasteiger partial charge in [-0.2, -0.15) is 0 Å². The first-order valence-electron chi connectivity index (χ1n) is 6.37. The van der Waals surface area contributed by atoms with E-state index in [9.17, 15) is 4.79 Å². The number of carbonyl (C=O) groups is 1. The molecule has 0 aliphatic carbocycles. The Morgan fingerprint density at radius 3 is 2.67 bits per heavy atom. The first-order valence-corrected chi connectivity index (χ1v) is 6.37. The lowest BCUT2D eigenvalue weighted by atomic mass is 10.2. The van der Waals surface area contributed by atoms with Crippen LogP contribution in [0.25, 0.3) is 0 Å². The van der Waals surface area contributed by atoms with Gasteiger partial charge >= 0.3 is 0 Å². The third-order valence-electron chi connectivity index (χ3n) is 2.54. The van der Waals surface area contributed by atoms with E-state index in [4.69, 9.17) is 10.5 Å². The van der Waals surface area contributed by atoms with Crippen LogP contribution in [-0.4, -0.2) is 37.1 Å². The van der Waals surface area contributed by atoms with Crippen LogP contribution in [0.4, 0.5) is 0 Å². The highest BCUT2D eigenvalue weighted by Crippen LogP contribution is 2.04. The maximum Gasteiger partial charge on any atom is 0.248 e. The minimum atomic E-state index is -0.00208. The number of amides is 1. The van der Waals surface area contributed by atoms with E-state index in [1.807, 2.05) is 37.3 Å². The molecule has 0 saturated carbocycles. The van der Waals surface area contributed by atoms with Crippen molar-refractivity contribution in [3.63, 3.8) is 0 Å². The van der Waals surface area contributed by atoms with Gasteiger partial charge in [0.05, 0.1) is 0 Å². The lowest BCUT2D eigenvalue weighted by Gasteiger charge is -2.22. The van der Waals surface area contributed by atoms with Gasteiger partial charge in [0.25, 0.3) is 0 Å². The molecule has 18 heavy (non-hydrogen) atoms. The molecule has 4 nitrogen and oxygen atoms in total. The van der Waals surface area contributed by atoms with Gasteiger partial charge in [0, 0.05) is 26.2 Å². The minimum Gasteiger partial charge on any atom is -0.372 e. The molecule has 0 fully saturated rings. The average Bonchev–Trinajstić information content (AvgIpc) is 2.39. The van der Waals surface area contributed by atoms with Gasteiger partial charge in [0.2, 0.25) is 5.91 Å². The van der Waals surface area contributed by atoms with Crippen LogP contribution in [0.15, 0.2) is 30.3 Å². The molecule has 1 aromatic rings. The Morgan fingerprint density at radius 2 is 2.06 bits per heavy atom. The lowest BCUT2D eigenvalue weighted by molar-refractivity contribution is -0.136. The smallest absolute Gasteiger partial charge is 0.248 e. The topological polar surface area (TPSA) is 55.6 Å². The molecular formula is C14H22N2O2. The molecule has 1 amide bonds. The maximum atomic E-state index is 12.0. The first kappa shape index (κ1) is 14.7. The molecular weight excluding hydrogens is 228 g/mol. The van der Waals surface area contributed by atoms with Crippen LogP contribution in [0.2, 0.25) is 0 Å². The van der Waals surface area contributed by atoms with Crippen LogP contribution in [0.5, 0.6) is 0 Å². The van der Waals surface area contributed by atoms with Crippen LogP contribution in [0.1, 0.15) is 18.9 Å². The van der Waals surface area contributed by atoms with Crippen molar-refractivity contribution in [1.82, 2.24) is 4.90 Å². The Balaban J connectivity index is 2.50. The van der Waals surface area contributed by atoms with Gasteiger partial charge in [-0.3, -0.25) is 4.79 Å². The van der Waals surface area contributed by atoms with Gasteiger partial charge in [-0.25, -0.2) is 0 Å². The summed E-state index contributed by atoms with van der Waals surface area (Å²) in [5.41, 5.74) is 6.65. The van der Waals surface area contributed by atoms with Gasteiger partial charge in [-0.05, 0) is 12.0 Å². The Morgan fingerprint density at radius 1 is 1.33 bits per heavy atom. The molecule has 0 bridgehead atoms. The van der Waals surface area contributed by atoms with E-state index >= 15 is 0 Å². The predicted molar refractivity (Wildman–Crippen MR) is 72.0 cm³/mol. The molecule has 0 aliphatic rings. The number of benzene rings is 1. The van der Waals surface area contributed by atoms with Crippen LogP contribution in [0, 0.1) is 0 Å². The quantitative estimate of drug-likeness (QED) is 0.710. The lowest BCUT2D eigenvalue weighted by Crippen LogP contribution is -2.37. The molecule has 1 rings (SSSR count). The molecule has 0 atom stereocenters. The molecule has 100 valence electrons. The van der Waals surface area contributed by atoms with Crippen LogP contribution in [0.3, 0.4) is 0 Å². The van der Waals surface area contributed by atoms with Crippen molar-refractivity contribution in [2.75, 3.05) is 26.3 Å². The third-order valence-corrected chi connectivity index (χ3v) is 2.54. The molecule has 0 spiro atoms. The standard InChI is InChI=1S/C14H22N2O2/c1-2-10-18-12-14(17)16(9-8-15)11-13-6-4-3-5-7-13/h3-7H,2,8-12,15H2,1H3. The molecule has 2 N–H and O–H groups in total. The summed E-state index contributed by atoms with van der Waals surface area (Å²) in [6, 6.07) is 9.90. The molecule has 4 heteroatoms. The van der Waals surface area contributed by atoms with Crippen molar-refractivity contribution < 1.29 is 9.53 Å². The fourth-order valence-electron chi connectivity index (χ4n) is 1.65. The highest BCUT2D eigenvalue weighted by Gasteiger charge is 2.12. The Bertz CT molecular complexity index is 341. The maximum absolute atomic E-state index is 12.0. The highest BCUT2D eigenvalue weighted by molar-refractivity contribution is 5.77. The zero-order chi connectivity index (χ0) is 13.2. The zero-order valence-electron chi connectivity index (χ0n) is 11.0. The van der Waals surface area contributed by atoms with Gasteiger partial charge in [-0.1, -0.05) is 37.3 Å². The van der Waals surface area contributed by atoms with Gasteiger partial charge < -0.3 is 15.4 Å². The van der Waals surface area contributed by atoms with E-state index in [2.05, 4.69) is 0 Å². The highest BCUT2D eigenvalue weighted by atomic mass is 16.5. The Kier molecular flexibility index (Phi) is 7.06. The summed E-state index contributed by atoms with van der Waals surface area (Å²) in [6.45, 7) is 4.39. The normalized spacial score (nSPS) is 10.3. The van der Waals surface area contributed by atoms with Gasteiger partial charge in [0.1, 0.15) is 6.61 Å². The number of nitrogens with two attached hydrogens (primary N) is 1.